The molecular weight excluding hydrogens is 328 g/mol. The number of amides is 1. The molecule has 1 aliphatic carbocycles. The minimum atomic E-state index is -2.98. The molecule has 0 unspecified atom stereocenters. The van der Waals surface area contributed by atoms with Gasteiger partial charge in [0.2, 0.25) is 0 Å². The van der Waals surface area contributed by atoms with E-state index >= 15 is 0 Å². The second-order valence-corrected chi connectivity index (χ2v) is 6.32. The number of para-hydroxylation sites is 1. The summed E-state index contributed by atoms with van der Waals surface area (Å²) in [5, 5.41) is 9.66. The van der Waals surface area contributed by atoms with E-state index in [1.54, 1.807) is 12.1 Å². The normalized spacial score (nSPS) is 15.3. The number of nitrogens with zero attached hydrogens (tertiary/aromatic N) is 1. The molecule has 2 N–H and O–H groups in total. The van der Waals surface area contributed by atoms with E-state index in [1.807, 2.05) is 0 Å². The fraction of sp³-hybridized carbons (Fsp3) is 0.444. The van der Waals surface area contributed by atoms with Gasteiger partial charge in [0.1, 0.15) is 5.75 Å². The van der Waals surface area contributed by atoms with Crippen molar-refractivity contribution in [3.63, 3.8) is 0 Å². The van der Waals surface area contributed by atoms with Crippen molar-refractivity contribution < 1.29 is 18.3 Å². The van der Waals surface area contributed by atoms with E-state index in [9.17, 15) is 13.6 Å². The minimum Gasteiger partial charge on any atom is -0.434 e. The van der Waals surface area contributed by atoms with Crippen LogP contribution in [0.4, 0.5) is 14.6 Å². The SMILES string of the molecule is O=C(Nc1cc(CC2CCCCC2)[nH]n1)c1ccccc1OC(F)F. The number of hydrogen-bond acceptors (Lipinski definition) is 3. The van der Waals surface area contributed by atoms with Crippen molar-refractivity contribution >= 4 is 11.7 Å². The Hall–Kier alpha value is -2.44. The van der Waals surface area contributed by atoms with Crippen LogP contribution in [0.15, 0.2) is 30.3 Å². The van der Waals surface area contributed by atoms with Crippen molar-refractivity contribution in [2.75, 3.05) is 5.32 Å². The van der Waals surface area contributed by atoms with Crippen LogP contribution in [0.2, 0.25) is 0 Å². The molecule has 25 heavy (non-hydrogen) atoms. The van der Waals surface area contributed by atoms with Crippen LogP contribution < -0.4 is 10.1 Å². The third-order valence-corrected chi connectivity index (χ3v) is 4.45. The molecule has 7 heteroatoms. The van der Waals surface area contributed by atoms with Crippen molar-refractivity contribution in [3.8, 4) is 5.75 Å². The summed E-state index contributed by atoms with van der Waals surface area (Å²) in [5.74, 6) is 0.334. The number of carbonyl (C=O) groups is 1. The molecule has 0 saturated heterocycles. The topological polar surface area (TPSA) is 67.0 Å². The first-order valence-electron chi connectivity index (χ1n) is 8.51. The zero-order valence-electron chi connectivity index (χ0n) is 13.8. The average molecular weight is 349 g/mol. The average Bonchev–Trinajstić information content (AvgIpc) is 3.02. The van der Waals surface area contributed by atoms with E-state index in [2.05, 4.69) is 20.3 Å². The number of nitrogens with one attached hydrogen (secondary N) is 2. The third-order valence-electron chi connectivity index (χ3n) is 4.45. The molecule has 1 amide bonds. The highest BCUT2D eigenvalue weighted by Gasteiger charge is 2.18. The maximum absolute atomic E-state index is 12.4. The number of aromatic nitrogens is 2. The molecule has 1 aromatic heterocycles. The number of hydrogen-bond donors (Lipinski definition) is 2. The summed E-state index contributed by atoms with van der Waals surface area (Å²) < 4.78 is 29.3. The maximum Gasteiger partial charge on any atom is 0.387 e. The van der Waals surface area contributed by atoms with Gasteiger partial charge in [-0.05, 0) is 24.5 Å². The number of H-pyrrole nitrogens is 1. The highest BCUT2D eigenvalue weighted by molar-refractivity contribution is 6.05. The van der Waals surface area contributed by atoms with E-state index in [0.717, 1.165) is 12.1 Å². The maximum atomic E-state index is 12.4. The van der Waals surface area contributed by atoms with Crippen molar-refractivity contribution in [1.82, 2.24) is 10.2 Å². The van der Waals surface area contributed by atoms with Gasteiger partial charge in [-0.25, -0.2) is 0 Å². The number of benzene rings is 1. The second kappa shape index (κ2) is 8.09. The third kappa shape index (κ3) is 4.78. The van der Waals surface area contributed by atoms with E-state index in [-0.39, 0.29) is 11.3 Å². The Kier molecular flexibility index (Phi) is 5.63. The zero-order valence-corrected chi connectivity index (χ0v) is 13.8. The van der Waals surface area contributed by atoms with E-state index < -0.39 is 12.5 Å². The summed E-state index contributed by atoms with van der Waals surface area (Å²) in [6.07, 6.45) is 7.19. The Morgan fingerprint density at radius 1 is 1.28 bits per heavy atom. The van der Waals surface area contributed by atoms with Crippen LogP contribution in [-0.4, -0.2) is 22.7 Å². The minimum absolute atomic E-state index is 0.0413. The molecule has 0 bridgehead atoms. The first kappa shape index (κ1) is 17.4. The molecule has 2 aromatic rings. The van der Waals surface area contributed by atoms with Crippen LogP contribution in [0.1, 0.15) is 48.2 Å². The summed E-state index contributed by atoms with van der Waals surface area (Å²) >= 11 is 0. The van der Waals surface area contributed by atoms with Gasteiger partial charge in [-0.3, -0.25) is 9.89 Å². The Morgan fingerprint density at radius 3 is 2.80 bits per heavy atom. The number of ether oxygens (including phenoxy) is 1. The number of alkyl halides is 2. The van der Waals surface area contributed by atoms with Gasteiger partial charge < -0.3 is 10.1 Å². The van der Waals surface area contributed by atoms with E-state index in [4.69, 9.17) is 0 Å². The van der Waals surface area contributed by atoms with Crippen LogP contribution in [-0.2, 0) is 6.42 Å². The van der Waals surface area contributed by atoms with Gasteiger partial charge in [-0.15, -0.1) is 0 Å². The molecule has 3 rings (SSSR count). The van der Waals surface area contributed by atoms with E-state index in [1.165, 1.54) is 50.3 Å². The summed E-state index contributed by atoms with van der Waals surface area (Å²) in [4.78, 5) is 12.3. The quantitative estimate of drug-likeness (QED) is 0.813. The molecule has 134 valence electrons. The number of aromatic amines is 1. The first-order valence-corrected chi connectivity index (χ1v) is 8.51. The van der Waals surface area contributed by atoms with Gasteiger partial charge in [0.05, 0.1) is 5.56 Å². The van der Waals surface area contributed by atoms with E-state index in [0.29, 0.717) is 11.7 Å². The van der Waals surface area contributed by atoms with Crippen LogP contribution in [0.3, 0.4) is 0 Å². The number of halogens is 2. The number of anilines is 1. The molecule has 1 fully saturated rings. The summed E-state index contributed by atoms with van der Waals surface area (Å²) in [5.41, 5.74) is 1.01. The lowest BCUT2D eigenvalue weighted by Crippen LogP contribution is -2.15. The number of carbonyl (C=O) groups excluding carboxylic acids is 1. The van der Waals surface area contributed by atoms with Crippen LogP contribution >= 0.6 is 0 Å². The molecule has 0 radical (unpaired) electrons. The molecule has 0 aliphatic heterocycles. The van der Waals surface area contributed by atoms with Crippen LogP contribution in [0, 0.1) is 5.92 Å². The standard InChI is InChI=1S/C18H21F2N3O2/c19-18(20)25-15-9-5-4-8-14(15)17(24)21-16-11-13(22-23-16)10-12-6-2-1-3-7-12/h4-5,8-9,11-12,18H,1-3,6-7,10H2,(H2,21,22,23,24). The lowest BCUT2D eigenvalue weighted by atomic mass is 9.86. The Labute approximate surface area is 144 Å². The Bertz CT molecular complexity index is 712. The summed E-state index contributed by atoms with van der Waals surface area (Å²) in [6.45, 7) is -2.98. The molecular formula is C18H21F2N3O2. The fourth-order valence-corrected chi connectivity index (χ4v) is 3.27. The summed E-state index contributed by atoms with van der Waals surface area (Å²) in [7, 11) is 0. The molecule has 1 saturated carbocycles. The van der Waals surface area contributed by atoms with Crippen molar-refractivity contribution in [2.24, 2.45) is 5.92 Å². The first-order chi connectivity index (χ1) is 12.1. The van der Waals surface area contributed by atoms with Crippen molar-refractivity contribution in [1.29, 1.82) is 0 Å². The lowest BCUT2D eigenvalue weighted by Gasteiger charge is -2.20. The van der Waals surface area contributed by atoms with Gasteiger partial charge >= 0.3 is 6.61 Å². The summed E-state index contributed by atoms with van der Waals surface area (Å²) in [6, 6.07) is 7.68. The van der Waals surface area contributed by atoms with Gasteiger partial charge in [-0.1, -0.05) is 44.2 Å². The van der Waals surface area contributed by atoms with Crippen molar-refractivity contribution in [3.05, 3.63) is 41.6 Å². The molecule has 1 aromatic carbocycles. The monoisotopic (exact) mass is 349 g/mol. The molecule has 5 nitrogen and oxygen atoms in total. The Morgan fingerprint density at radius 2 is 2.04 bits per heavy atom. The lowest BCUT2D eigenvalue weighted by molar-refractivity contribution is -0.0501. The molecule has 1 heterocycles. The molecule has 0 spiro atoms. The fourth-order valence-electron chi connectivity index (χ4n) is 3.27. The Balaban J connectivity index is 1.63. The zero-order chi connectivity index (χ0) is 17.6. The predicted molar refractivity (Wildman–Crippen MR) is 89.9 cm³/mol. The second-order valence-electron chi connectivity index (χ2n) is 6.32. The number of rotatable bonds is 6. The van der Waals surface area contributed by atoms with Gasteiger partial charge in [-0.2, -0.15) is 13.9 Å². The van der Waals surface area contributed by atoms with Crippen LogP contribution in [0.5, 0.6) is 5.75 Å². The largest absolute Gasteiger partial charge is 0.434 e. The highest BCUT2D eigenvalue weighted by Crippen LogP contribution is 2.27. The molecule has 0 atom stereocenters. The van der Waals surface area contributed by atoms with Gasteiger partial charge in [0.15, 0.2) is 5.82 Å². The van der Waals surface area contributed by atoms with Gasteiger partial charge in [0.25, 0.3) is 5.91 Å². The van der Waals surface area contributed by atoms with Gasteiger partial charge in [0, 0.05) is 11.8 Å². The van der Waals surface area contributed by atoms with Crippen molar-refractivity contribution in [2.45, 2.75) is 45.1 Å². The molecule has 1 aliphatic rings. The van der Waals surface area contributed by atoms with Crippen LogP contribution in [0.25, 0.3) is 0 Å². The smallest absolute Gasteiger partial charge is 0.387 e. The predicted octanol–water partition coefficient (Wildman–Crippen LogP) is 4.39. The highest BCUT2D eigenvalue weighted by atomic mass is 19.3.